The minimum absolute atomic E-state index is 0.308. The predicted octanol–water partition coefficient (Wildman–Crippen LogP) is 2.45. The normalized spacial score (nSPS) is 19.9. The number of hydrogen-bond donors (Lipinski definition) is 1. The molecule has 0 aliphatic heterocycles. The SMILES string of the molecule is CCNC(C)c1cn(C2CCCCC2)nn1. The van der Waals surface area contributed by atoms with Crippen molar-refractivity contribution in [3.05, 3.63) is 11.9 Å². The van der Waals surface area contributed by atoms with Gasteiger partial charge in [-0.25, -0.2) is 4.68 Å². The number of aromatic nitrogens is 3. The third kappa shape index (κ3) is 2.61. The smallest absolute Gasteiger partial charge is 0.0993 e. The van der Waals surface area contributed by atoms with Gasteiger partial charge in [0.05, 0.1) is 24.0 Å². The van der Waals surface area contributed by atoms with Gasteiger partial charge in [-0.1, -0.05) is 31.4 Å². The van der Waals surface area contributed by atoms with Crippen LogP contribution in [-0.4, -0.2) is 21.5 Å². The minimum Gasteiger partial charge on any atom is -0.309 e. The summed E-state index contributed by atoms with van der Waals surface area (Å²) in [5.41, 5.74) is 1.06. The lowest BCUT2D eigenvalue weighted by Gasteiger charge is -2.21. The van der Waals surface area contributed by atoms with Crippen LogP contribution in [-0.2, 0) is 0 Å². The van der Waals surface area contributed by atoms with Crippen LogP contribution >= 0.6 is 0 Å². The summed E-state index contributed by atoms with van der Waals surface area (Å²) in [4.78, 5) is 0. The van der Waals surface area contributed by atoms with E-state index in [-0.39, 0.29) is 0 Å². The summed E-state index contributed by atoms with van der Waals surface area (Å²) in [5, 5.41) is 11.9. The first-order valence-electron chi connectivity index (χ1n) is 6.46. The second-order valence-electron chi connectivity index (χ2n) is 4.69. The van der Waals surface area contributed by atoms with Gasteiger partial charge >= 0.3 is 0 Å². The van der Waals surface area contributed by atoms with Gasteiger partial charge in [-0.05, 0) is 26.3 Å². The first-order valence-corrected chi connectivity index (χ1v) is 6.46. The molecule has 1 saturated carbocycles. The van der Waals surface area contributed by atoms with E-state index >= 15 is 0 Å². The number of nitrogens with zero attached hydrogens (tertiary/aromatic N) is 3. The molecule has 2 rings (SSSR count). The van der Waals surface area contributed by atoms with Crippen LogP contribution in [0.25, 0.3) is 0 Å². The Hall–Kier alpha value is -0.900. The van der Waals surface area contributed by atoms with Gasteiger partial charge in [-0.15, -0.1) is 5.10 Å². The number of hydrogen-bond acceptors (Lipinski definition) is 3. The molecular formula is C12H22N4. The lowest BCUT2D eigenvalue weighted by atomic mass is 9.96. The molecule has 1 aromatic heterocycles. The minimum atomic E-state index is 0.308. The zero-order chi connectivity index (χ0) is 11.4. The highest BCUT2D eigenvalue weighted by molar-refractivity contribution is 4.99. The fraction of sp³-hybridized carbons (Fsp3) is 0.833. The van der Waals surface area contributed by atoms with Crippen molar-refractivity contribution >= 4 is 0 Å². The van der Waals surface area contributed by atoms with E-state index in [4.69, 9.17) is 0 Å². The van der Waals surface area contributed by atoms with Crippen molar-refractivity contribution in [3.8, 4) is 0 Å². The molecule has 4 nitrogen and oxygen atoms in total. The van der Waals surface area contributed by atoms with Gasteiger partial charge in [0.2, 0.25) is 0 Å². The molecule has 1 aromatic rings. The quantitative estimate of drug-likeness (QED) is 0.851. The molecule has 4 heteroatoms. The molecule has 0 spiro atoms. The van der Waals surface area contributed by atoms with E-state index in [0.717, 1.165) is 12.2 Å². The van der Waals surface area contributed by atoms with Crippen molar-refractivity contribution in [2.45, 2.75) is 58.0 Å². The number of rotatable bonds is 4. The van der Waals surface area contributed by atoms with Gasteiger partial charge in [-0.3, -0.25) is 0 Å². The molecule has 1 fully saturated rings. The highest BCUT2D eigenvalue weighted by atomic mass is 15.4. The molecule has 1 heterocycles. The topological polar surface area (TPSA) is 42.7 Å². The third-order valence-corrected chi connectivity index (χ3v) is 3.43. The van der Waals surface area contributed by atoms with Crippen molar-refractivity contribution in [3.63, 3.8) is 0 Å². The molecule has 0 bridgehead atoms. The predicted molar refractivity (Wildman–Crippen MR) is 64.2 cm³/mol. The Morgan fingerprint density at radius 2 is 2.19 bits per heavy atom. The Balaban J connectivity index is 2.00. The second kappa shape index (κ2) is 5.43. The summed E-state index contributed by atoms with van der Waals surface area (Å²) >= 11 is 0. The largest absolute Gasteiger partial charge is 0.309 e. The van der Waals surface area contributed by atoms with E-state index in [1.807, 2.05) is 0 Å². The van der Waals surface area contributed by atoms with Crippen LogP contribution in [0.15, 0.2) is 6.20 Å². The summed E-state index contributed by atoms with van der Waals surface area (Å²) in [6.45, 7) is 5.22. The standard InChI is InChI=1S/C12H22N4/c1-3-13-10(2)12-9-16(15-14-12)11-7-5-4-6-8-11/h9-11,13H,3-8H2,1-2H3. The van der Waals surface area contributed by atoms with Crippen molar-refractivity contribution in [1.82, 2.24) is 20.3 Å². The van der Waals surface area contributed by atoms with E-state index < -0.39 is 0 Å². The zero-order valence-electron chi connectivity index (χ0n) is 10.3. The van der Waals surface area contributed by atoms with Crippen LogP contribution in [0.1, 0.15) is 63.7 Å². The van der Waals surface area contributed by atoms with Crippen LogP contribution in [0.2, 0.25) is 0 Å². The Morgan fingerprint density at radius 3 is 2.88 bits per heavy atom. The molecular weight excluding hydrogens is 200 g/mol. The molecule has 0 amide bonds. The fourth-order valence-corrected chi connectivity index (χ4v) is 2.42. The molecule has 1 atom stereocenters. The van der Waals surface area contributed by atoms with Gasteiger partial charge in [-0.2, -0.15) is 0 Å². The lowest BCUT2D eigenvalue weighted by molar-refractivity contribution is 0.324. The number of nitrogens with one attached hydrogen (secondary N) is 1. The Kier molecular flexibility index (Phi) is 3.93. The Morgan fingerprint density at radius 1 is 1.44 bits per heavy atom. The second-order valence-corrected chi connectivity index (χ2v) is 4.69. The van der Waals surface area contributed by atoms with Crippen molar-refractivity contribution in [2.24, 2.45) is 0 Å². The van der Waals surface area contributed by atoms with E-state index in [2.05, 4.69) is 40.4 Å². The van der Waals surface area contributed by atoms with Crippen LogP contribution < -0.4 is 5.32 Å². The Bertz CT molecular complexity index is 315. The van der Waals surface area contributed by atoms with E-state index in [1.54, 1.807) is 0 Å². The molecule has 1 unspecified atom stereocenters. The molecule has 1 N–H and O–H groups in total. The van der Waals surface area contributed by atoms with Crippen molar-refractivity contribution in [1.29, 1.82) is 0 Å². The first kappa shape index (κ1) is 11.6. The maximum absolute atomic E-state index is 4.27. The molecule has 0 saturated heterocycles. The average molecular weight is 222 g/mol. The van der Waals surface area contributed by atoms with Gasteiger partial charge in [0.1, 0.15) is 0 Å². The third-order valence-electron chi connectivity index (χ3n) is 3.43. The molecule has 0 aromatic carbocycles. The highest BCUT2D eigenvalue weighted by Gasteiger charge is 2.17. The summed E-state index contributed by atoms with van der Waals surface area (Å²) in [6.07, 6.45) is 8.69. The van der Waals surface area contributed by atoms with E-state index in [9.17, 15) is 0 Å². The van der Waals surface area contributed by atoms with Crippen LogP contribution in [0.5, 0.6) is 0 Å². The maximum atomic E-state index is 4.27. The molecule has 1 aliphatic carbocycles. The molecule has 16 heavy (non-hydrogen) atoms. The zero-order valence-corrected chi connectivity index (χ0v) is 10.3. The average Bonchev–Trinajstić information content (AvgIpc) is 2.80. The van der Waals surface area contributed by atoms with Gasteiger partial charge in [0.15, 0.2) is 0 Å². The van der Waals surface area contributed by atoms with Gasteiger partial charge in [0, 0.05) is 0 Å². The summed E-state index contributed by atoms with van der Waals surface area (Å²) in [6, 6.07) is 0.895. The van der Waals surface area contributed by atoms with Crippen LogP contribution in [0, 0.1) is 0 Å². The van der Waals surface area contributed by atoms with Crippen molar-refractivity contribution in [2.75, 3.05) is 6.54 Å². The highest BCUT2D eigenvalue weighted by Crippen LogP contribution is 2.27. The monoisotopic (exact) mass is 222 g/mol. The summed E-state index contributed by atoms with van der Waals surface area (Å²) in [7, 11) is 0. The summed E-state index contributed by atoms with van der Waals surface area (Å²) < 4.78 is 2.07. The molecule has 1 aliphatic rings. The van der Waals surface area contributed by atoms with Gasteiger partial charge in [0.25, 0.3) is 0 Å². The molecule has 0 radical (unpaired) electrons. The maximum Gasteiger partial charge on any atom is 0.0993 e. The van der Waals surface area contributed by atoms with Crippen LogP contribution in [0.4, 0.5) is 0 Å². The lowest BCUT2D eigenvalue weighted by Crippen LogP contribution is -2.18. The Labute approximate surface area is 97.4 Å². The summed E-state index contributed by atoms with van der Waals surface area (Å²) in [5.74, 6) is 0. The van der Waals surface area contributed by atoms with Gasteiger partial charge < -0.3 is 5.32 Å². The first-order chi connectivity index (χ1) is 7.81. The fourth-order valence-electron chi connectivity index (χ4n) is 2.42. The molecule has 90 valence electrons. The van der Waals surface area contributed by atoms with Crippen molar-refractivity contribution < 1.29 is 0 Å². The van der Waals surface area contributed by atoms with Crippen LogP contribution in [0.3, 0.4) is 0 Å². The van der Waals surface area contributed by atoms with E-state index in [1.165, 1.54) is 32.1 Å². The van der Waals surface area contributed by atoms with E-state index in [0.29, 0.717) is 12.1 Å².